The minimum absolute atomic E-state index is 0.0971. The first-order valence-corrected chi connectivity index (χ1v) is 4.66. The molecule has 0 fully saturated rings. The van der Waals surface area contributed by atoms with Crippen LogP contribution in [0.25, 0.3) is 0 Å². The highest BCUT2D eigenvalue weighted by Crippen LogP contribution is 2.16. The molecule has 0 radical (unpaired) electrons. The van der Waals surface area contributed by atoms with Crippen LogP contribution in [0.15, 0.2) is 18.3 Å². The van der Waals surface area contributed by atoms with E-state index < -0.39 is 5.54 Å². The van der Waals surface area contributed by atoms with Crippen LogP contribution < -0.4 is 5.73 Å². The highest BCUT2D eigenvalue weighted by molar-refractivity contribution is 14.1. The number of nitrogens with two attached hydrogens (primary N) is 1. The quantitative estimate of drug-likeness (QED) is 0.789. The number of pyridine rings is 1. The fraction of sp³-hybridized carbons (Fsp3) is 0.375. The molecule has 3 N–H and O–H groups in total. The summed E-state index contributed by atoms with van der Waals surface area (Å²) in [4.78, 5) is 4.09. The van der Waals surface area contributed by atoms with Gasteiger partial charge in [0.2, 0.25) is 0 Å². The van der Waals surface area contributed by atoms with Crippen LogP contribution in [-0.2, 0) is 5.54 Å². The molecule has 0 aliphatic carbocycles. The van der Waals surface area contributed by atoms with Crippen LogP contribution in [0.4, 0.5) is 0 Å². The highest BCUT2D eigenvalue weighted by Gasteiger charge is 2.21. The zero-order valence-corrected chi connectivity index (χ0v) is 8.95. The first-order valence-electron chi connectivity index (χ1n) is 3.58. The van der Waals surface area contributed by atoms with Gasteiger partial charge in [0.05, 0.1) is 17.8 Å². The van der Waals surface area contributed by atoms with Crippen LogP contribution in [0.2, 0.25) is 0 Å². The van der Waals surface area contributed by atoms with Crippen molar-refractivity contribution >= 4 is 22.6 Å². The van der Waals surface area contributed by atoms with E-state index >= 15 is 0 Å². The Hall–Kier alpha value is -0.200. The third-order valence-electron chi connectivity index (χ3n) is 1.64. The van der Waals surface area contributed by atoms with Gasteiger partial charge in [0, 0.05) is 9.77 Å². The smallest absolute Gasteiger partial charge is 0.0789 e. The number of aromatic nitrogens is 1. The maximum absolute atomic E-state index is 8.97. The molecular weight excluding hydrogens is 267 g/mol. The fourth-order valence-electron chi connectivity index (χ4n) is 0.798. The second-order valence-corrected chi connectivity index (χ2v) is 4.18. The SMILES string of the molecule is C[C@@](N)(CO)c1cc(I)ccn1. The summed E-state index contributed by atoms with van der Waals surface area (Å²) in [5.74, 6) is 0. The molecule has 12 heavy (non-hydrogen) atoms. The van der Waals surface area contributed by atoms with E-state index in [-0.39, 0.29) is 6.61 Å². The number of halogens is 1. The molecule has 0 amide bonds. The van der Waals surface area contributed by atoms with E-state index in [1.54, 1.807) is 13.1 Å². The Balaban J connectivity index is 3.03. The maximum Gasteiger partial charge on any atom is 0.0789 e. The summed E-state index contributed by atoms with van der Waals surface area (Å²) < 4.78 is 1.07. The summed E-state index contributed by atoms with van der Waals surface area (Å²) in [6.45, 7) is 1.66. The predicted molar refractivity (Wildman–Crippen MR) is 55.6 cm³/mol. The number of nitrogens with zero attached hydrogens (tertiary/aromatic N) is 1. The van der Waals surface area contributed by atoms with E-state index in [2.05, 4.69) is 27.6 Å². The van der Waals surface area contributed by atoms with Crippen molar-refractivity contribution in [1.82, 2.24) is 4.98 Å². The van der Waals surface area contributed by atoms with E-state index in [0.717, 1.165) is 9.26 Å². The summed E-state index contributed by atoms with van der Waals surface area (Å²) in [5.41, 5.74) is 5.77. The lowest BCUT2D eigenvalue weighted by Gasteiger charge is -2.20. The van der Waals surface area contributed by atoms with E-state index in [9.17, 15) is 0 Å². The molecular formula is C8H11IN2O. The minimum atomic E-state index is -0.735. The molecule has 0 unspecified atom stereocenters. The molecule has 1 aromatic heterocycles. The zero-order chi connectivity index (χ0) is 9.19. The normalized spacial score (nSPS) is 15.7. The molecule has 1 atom stereocenters. The van der Waals surface area contributed by atoms with Crippen LogP contribution in [0.5, 0.6) is 0 Å². The van der Waals surface area contributed by atoms with Gasteiger partial charge in [-0.15, -0.1) is 0 Å². The largest absolute Gasteiger partial charge is 0.394 e. The molecule has 1 rings (SSSR count). The molecule has 4 heteroatoms. The zero-order valence-electron chi connectivity index (χ0n) is 6.79. The number of hydrogen-bond donors (Lipinski definition) is 2. The molecule has 0 saturated carbocycles. The lowest BCUT2D eigenvalue weighted by atomic mass is 10.0. The van der Waals surface area contributed by atoms with Gasteiger partial charge >= 0.3 is 0 Å². The molecule has 0 bridgehead atoms. The minimum Gasteiger partial charge on any atom is -0.394 e. The number of aliphatic hydroxyl groups is 1. The van der Waals surface area contributed by atoms with Crippen molar-refractivity contribution in [3.05, 3.63) is 27.6 Å². The average Bonchev–Trinajstić information content (AvgIpc) is 2.05. The average molecular weight is 278 g/mol. The molecule has 0 aromatic carbocycles. The Kier molecular flexibility index (Phi) is 3.03. The Morgan fingerprint density at radius 3 is 2.92 bits per heavy atom. The predicted octanol–water partition coefficient (Wildman–Crippen LogP) is 0.852. The fourth-order valence-corrected chi connectivity index (χ4v) is 1.25. The van der Waals surface area contributed by atoms with Gasteiger partial charge in [0.1, 0.15) is 0 Å². The monoisotopic (exact) mass is 278 g/mol. The van der Waals surface area contributed by atoms with Gasteiger partial charge in [-0.1, -0.05) is 0 Å². The molecule has 1 aromatic rings. The van der Waals surface area contributed by atoms with Crippen molar-refractivity contribution in [1.29, 1.82) is 0 Å². The maximum atomic E-state index is 8.97. The molecule has 66 valence electrons. The summed E-state index contributed by atoms with van der Waals surface area (Å²) in [6.07, 6.45) is 1.69. The molecule has 1 heterocycles. The van der Waals surface area contributed by atoms with Crippen LogP contribution in [-0.4, -0.2) is 16.7 Å². The van der Waals surface area contributed by atoms with Crippen molar-refractivity contribution < 1.29 is 5.11 Å². The van der Waals surface area contributed by atoms with E-state index in [1.165, 1.54) is 0 Å². The second kappa shape index (κ2) is 3.68. The molecule has 3 nitrogen and oxygen atoms in total. The van der Waals surface area contributed by atoms with Crippen molar-refractivity contribution in [2.75, 3.05) is 6.61 Å². The Labute approximate surface area is 85.1 Å². The van der Waals surface area contributed by atoms with Gasteiger partial charge in [-0.05, 0) is 41.6 Å². The van der Waals surface area contributed by atoms with E-state index in [4.69, 9.17) is 10.8 Å². The highest BCUT2D eigenvalue weighted by atomic mass is 127. The van der Waals surface area contributed by atoms with Gasteiger partial charge in [0.25, 0.3) is 0 Å². The van der Waals surface area contributed by atoms with Gasteiger partial charge in [-0.2, -0.15) is 0 Å². The van der Waals surface area contributed by atoms with Crippen molar-refractivity contribution in [3.63, 3.8) is 0 Å². The third kappa shape index (κ3) is 2.15. The molecule has 0 spiro atoms. The van der Waals surface area contributed by atoms with Gasteiger partial charge in [-0.3, -0.25) is 4.98 Å². The molecule has 0 aliphatic heterocycles. The van der Waals surface area contributed by atoms with Gasteiger partial charge < -0.3 is 10.8 Å². The first-order chi connectivity index (χ1) is 5.56. The summed E-state index contributed by atoms with van der Waals surface area (Å²) in [6, 6.07) is 3.76. The summed E-state index contributed by atoms with van der Waals surface area (Å²) in [5, 5.41) is 8.97. The lowest BCUT2D eigenvalue weighted by molar-refractivity contribution is 0.206. The number of aliphatic hydroxyl groups excluding tert-OH is 1. The van der Waals surface area contributed by atoms with Gasteiger partial charge in [-0.25, -0.2) is 0 Å². The van der Waals surface area contributed by atoms with Crippen LogP contribution in [0, 0.1) is 3.57 Å². The Bertz CT molecular complexity index is 276. The molecule has 0 saturated heterocycles. The van der Waals surface area contributed by atoms with Crippen molar-refractivity contribution in [2.45, 2.75) is 12.5 Å². The summed E-state index contributed by atoms with van der Waals surface area (Å²) >= 11 is 2.18. The third-order valence-corrected chi connectivity index (χ3v) is 2.31. The lowest BCUT2D eigenvalue weighted by Crippen LogP contribution is -2.37. The van der Waals surface area contributed by atoms with Crippen molar-refractivity contribution in [3.8, 4) is 0 Å². The van der Waals surface area contributed by atoms with Crippen LogP contribution in [0.3, 0.4) is 0 Å². The number of hydrogen-bond acceptors (Lipinski definition) is 3. The molecule has 0 aliphatic rings. The standard InChI is InChI=1S/C8H11IN2O/c1-8(10,5-12)7-4-6(9)2-3-11-7/h2-4,12H,5,10H2,1H3/t8-/m1/s1. The van der Waals surface area contributed by atoms with E-state index in [1.807, 2.05) is 12.1 Å². The van der Waals surface area contributed by atoms with E-state index in [0.29, 0.717) is 0 Å². The first kappa shape index (κ1) is 9.88. The Morgan fingerprint density at radius 1 is 1.75 bits per heavy atom. The second-order valence-electron chi connectivity index (χ2n) is 2.93. The van der Waals surface area contributed by atoms with Crippen LogP contribution >= 0.6 is 22.6 Å². The summed E-state index contributed by atoms with van der Waals surface area (Å²) in [7, 11) is 0. The Morgan fingerprint density at radius 2 is 2.42 bits per heavy atom. The number of rotatable bonds is 2. The van der Waals surface area contributed by atoms with Crippen molar-refractivity contribution in [2.24, 2.45) is 5.73 Å². The van der Waals surface area contributed by atoms with Gasteiger partial charge in [0.15, 0.2) is 0 Å². The van der Waals surface area contributed by atoms with Crippen LogP contribution in [0.1, 0.15) is 12.6 Å². The topological polar surface area (TPSA) is 59.1 Å².